The minimum Gasteiger partial charge on any atom is -0.242 e. The number of benzene rings is 2. The molecule has 90 valence electrons. The first-order valence-corrected chi connectivity index (χ1v) is 6.59. The Morgan fingerprint density at radius 2 is 1.94 bits per heavy atom. The Morgan fingerprint density at radius 3 is 2.72 bits per heavy atom. The molecular weight excluding hydrogens is 245 g/mol. The molecule has 0 bridgehead atoms. The van der Waals surface area contributed by atoms with Gasteiger partial charge in [-0.15, -0.1) is 11.3 Å². The summed E-state index contributed by atoms with van der Waals surface area (Å²) in [5.41, 5.74) is 3.54. The van der Waals surface area contributed by atoms with E-state index in [-0.39, 0.29) is 5.82 Å². The number of aryl methyl sites for hydroxylation is 2. The molecule has 0 fully saturated rings. The van der Waals surface area contributed by atoms with Gasteiger partial charge < -0.3 is 0 Å². The third-order valence-electron chi connectivity index (χ3n) is 3.01. The van der Waals surface area contributed by atoms with Crippen molar-refractivity contribution in [3.8, 4) is 11.1 Å². The van der Waals surface area contributed by atoms with Gasteiger partial charge in [-0.25, -0.2) is 9.37 Å². The molecule has 3 heteroatoms. The first-order valence-electron chi connectivity index (χ1n) is 5.78. The van der Waals surface area contributed by atoms with E-state index in [2.05, 4.69) is 4.98 Å². The molecule has 2 aromatic carbocycles. The Balaban J connectivity index is 2.25. The second kappa shape index (κ2) is 4.18. The fourth-order valence-electron chi connectivity index (χ4n) is 2.19. The van der Waals surface area contributed by atoms with E-state index in [1.54, 1.807) is 17.4 Å². The number of hydrogen-bond acceptors (Lipinski definition) is 2. The minimum absolute atomic E-state index is 0.171. The second-order valence-corrected chi connectivity index (χ2v) is 5.58. The maximum atomic E-state index is 13.9. The van der Waals surface area contributed by atoms with E-state index >= 15 is 0 Å². The summed E-state index contributed by atoms with van der Waals surface area (Å²) in [6, 6.07) is 11.1. The summed E-state index contributed by atoms with van der Waals surface area (Å²) >= 11 is 1.64. The van der Waals surface area contributed by atoms with Crippen molar-refractivity contribution in [2.75, 3.05) is 0 Å². The lowest BCUT2D eigenvalue weighted by molar-refractivity contribution is 0.630. The van der Waals surface area contributed by atoms with Gasteiger partial charge in [0.25, 0.3) is 0 Å². The zero-order valence-electron chi connectivity index (χ0n) is 10.2. The van der Waals surface area contributed by atoms with Gasteiger partial charge in [0, 0.05) is 5.56 Å². The fourth-order valence-corrected chi connectivity index (χ4v) is 3.06. The molecule has 0 atom stereocenters. The van der Waals surface area contributed by atoms with Crippen LogP contribution in [0.1, 0.15) is 10.6 Å². The molecule has 0 amide bonds. The van der Waals surface area contributed by atoms with E-state index in [0.29, 0.717) is 5.56 Å². The van der Waals surface area contributed by atoms with Crippen molar-refractivity contribution >= 4 is 21.6 Å². The van der Waals surface area contributed by atoms with E-state index in [0.717, 1.165) is 26.4 Å². The lowest BCUT2D eigenvalue weighted by Gasteiger charge is -2.07. The molecule has 0 saturated heterocycles. The molecule has 0 spiro atoms. The molecule has 1 heterocycles. The van der Waals surface area contributed by atoms with Crippen molar-refractivity contribution in [2.45, 2.75) is 13.8 Å². The van der Waals surface area contributed by atoms with E-state index < -0.39 is 0 Å². The van der Waals surface area contributed by atoms with Gasteiger partial charge in [-0.2, -0.15) is 0 Å². The Kier molecular flexibility index (Phi) is 2.63. The number of fused-ring (bicyclic) bond motifs is 1. The highest BCUT2D eigenvalue weighted by Crippen LogP contribution is 2.31. The monoisotopic (exact) mass is 257 g/mol. The lowest BCUT2D eigenvalue weighted by atomic mass is 10.00. The molecular formula is C15H12FNS. The van der Waals surface area contributed by atoms with E-state index in [1.165, 1.54) is 6.07 Å². The molecule has 1 aromatic heterocycles. The highest BCUT2D eigenvalue weighted by atomic mass is 32.1. The van der Waals surface area contributed by atoms with Gasteiger partial charge in [-0.3, -0.25) is 0 Å². The predicted molar refractivity (Wildman–Crippen MR) is 74.5 cm³/mol. The summed E-state index contributed by atoms with van der Waals surface area (Å²) in [4.78, 5) is 4.42. The standard InChI is InChI=1S/C15H12FNS/c1-9-4-3-5-12(16)15(9)11-6-7-13-14(8-11)18-10(2)17-13/h3-8H,1-2H3. The van der Waals surface area contributed by atoms with E-state index in [4.69, 9.17) is 0 Å². The quantitative estimate of drug-likeness (QED) is 0.614. The maximum absolute atomic E-state index is 13.9. The largest absolute Gasteiger partial charge is 0.242 e. The van der Waals surface area contributed by atoms with Crippen LogP contribution in [0.2, 0.25) is 0 Å². The van der Waals surface area contributed by atoms with Gasteiger partial charge in [0.15, 0.2) is 0 Å². The van der Waals surface area contributed by atoms with Crippen LogP contribution in [0.4, 0.5) is 4.39 Å². The predicted octanol–water partition coefficient (Wildman–Crippen LogP) is 4.72. The molecule has 0 N–H and O–H groups in total. The van der Waals surface area contributed by atoms with Crippen LogP contribution in [0.3, 0.4) is 0 Å². The molecule has 0 aliphatic carbocycles. The molecule has 0 unspecified atom stereocenters. The van der Waals surface area contributed by atoms with E-state index in [9.17, 15) is 4.39 Å². The second-order valence-electron chi connectivity index (χ2n) is 4.35. The zero-order chi connectivity index (χ0) is 12.7. The van der Waals surface area contributed by atoms with Crippen molar-refractivity contribution < 1.29 is 4.39 Å². The summed E-state index contributed by atoms with van der Waals surface area (Å²) in [7, 11) is 0. The number of thiazole rings is 1. The highest BCUT2D eigenvalue weighted by Gasteiger charge is 2.09. The van der Waals surface area contributed by atoms with Crippen LogP contribution in [0.15, 0.2) is 36.4 Å². The Hall–Kier alpha value is -1.74. The van der Waals surface area contributed by atoms with Gasteiger partial charge in [0.2, 0.25) is 0 Å². The topological polar surface area (TPSA) is 12.9 Å². The average molecular weight is 257 g/mol. The molecule has 0 saturated carbocycles. The third kappa shape index (κ3) is 1.81. The van der Waals surface area contributed by atoms with Crippen LogP contribution in [-0.2, 0) is 0 Å². The summed E-state index contributed by atoms with van der Waals surface area (Å²) in [5.74, 6) is -0.171. The molecule has 0 aliphatic heterocycles. The fraction of sp³-hybridized carbons (Fsp3) is 0.133. The van der Waals surface area contributed by atoms with Crippen LogP contribution < -0.4 is 0 Å². The number of halogens is 1. The van der Waals surface area contributed by atoms with Crippen molar-refractivity contribution in [2.24, 2.45) is 0 Å². The summed E-state index contributed by atoms with van der Waals surface area (Å²) in [6.07, 6.45) is 0. The first-order chi connectivity index (χ1) is 8.65. The molecule has 1 nitrogen and oxygen atoms in total. The van der Waals surface area contributed by atoms with Gasteiger partial charge >= 0.3 is 0 Å². The number of nitrogens with zero attached hydrogens (tertiary/aromatic N) is 1. The summed E-state index contributed by atoms with van der Waals surface area (Å²) in [6.45, 7) is 3.92. The van der Waals surface area contributed by atoms with Crippen molar-refractivity contribution in [1.29, 1.82) is 0 Å². The normalized spacial score (nSPS) is 11.1. The Morgan fingerprint density at radius 1 is 1.11 bits per heavy atom. The van der Waals surface area contributed by atoms with Crippen LogP contribution >= 0.6 is 11.3 Å². The molecule has 18 heavy (non-hydrogen) atoms. The van der Waals surface area contributed by atoms with Gasteiger partial charge in [0.1, 0.15) is 5.82 Å². The SMILES string of the molecule is Cc1nc2ccc(-c3c(C)cccc3F)cc2s1. The number of rotatable bonds is 1. The molecule has 3 aromatic rings. The lowest BCUT2D eigenvalue weighted by Crippen LogP contribution is -1.88. The van der Waals surface area contributed by atoms with Crippen molar-refractivity contribution in [1.82, 2.24) is 4.98 Å². The van der Waals surface area contributed by atoms with Crippen LogP contribution in [0.25, 0.3) is 21.3 Å². The number of aromatic nitrogens is 1. The zero-order valence-corrected chi connectivity index (χ0v) is 11.0. The molecule has 3 rings (SSSR count). The Bertz CT molecular complexity index is 710. The maximum Gasteiger partial charge on any atom is 0.131 e. The van der Waals surface area contributed by atoms with Gasteiger partial charge in [0.05, 0.1) is 15.2 Å². The van der Waals surface area contributed by atoms with Crippen LogP contribution in [0, 0.1) is 19.7 Å². The minimum atomic E-state index is -0.171. The first kappa shape index (κ1) is 11.4. The average Bonchev–Trinajstić information content (AvgIpc) is 2.68. The van der Waals surface area contributed by atoms with Crippen LogP contribution in [-0.4, -0.2) is 4.98 Å². The Labute approximate surface area is 109 Å². The van der Waals surface area contributed by atoms with Gasteiger partial charge in [-0.05, 0) is 43.2 Å². The summed E-state index contributed by atoms with van der Waals surface area (Å²) < 4.78 is 15.0. The van der Waals surface area contributed by atoms with Gasteiger partial charge in [-0.1, -0.05) is 18.2 Å². The third-order valence-corrected chi connectivity index (χ3v) is 3.94. The summed E-state index contributed by atoms with van der Waals surface area (Å²) in [5, 5.41) is 1.03. The highest BCUT2D eigenvalue weighted by molar-refractivity contribution is 7.18. The smallest absolute Gasteiger partial charge is 0.131 e. The molecule has 0 aliphatic rings. The van der Waals surface area contributed by atoms with Crippen molar-refractivity contribution in [3.63, 3.8) is 0 Å². The molecule has 0 radical (unpaired) electrons. The van der Waals surface area contributed by atoms with Crippen LogP contribution in [0.5, 0.6) is 0 Å². The van der Waals surface area contributed by atoms with E-state index in [1.807, 2.05) is 38.1 Å². The van der Waals surface area contributed by atoms with Crippen molar-refractivity contribution in [3.05, 3.63) is 52.8 Å². The number of hydrogen-bond donors (Lipinski definition) is 0.